The first-order valence-electron chi connectivity index (χ1n) is 8.83. The second-order valence-corrected chi connectivity index (χ2v) is 6.45. The summed E-state index contributed by atoms with van der Waals surface area (Å²) in [5, 5.41) is 12.3. The van der Waals surface area contributed by atoms with Crippen molar-refractivity contribution in [1.82, 2.24) is 0 Å². The topological polar surface area (TPSA) is 70.0 Å². The van der Waals surface area contributed by atoms with E-state index in [1.54, 1.807) is 12.1 Å². The molecule has 1 amide bonds. The number of anilines is 1. The number of nitrogens with zero attached hydrogens (tertiary/aromatic N) is 1. The van der Waals surface area contributed by atoms with Gasteiger partial charge in [0.05, 0.1) is 6.07 Å². The number of hydrogen-bond donors (Lipinski definition) is 1. The van der Waals surface area contributed by atoms with E-state index in [2.05, 4.69) is 11.4 Å². The molecule has 2 aromatic rings. The Labute approximate surface area is 154 Å². The monoisotopic (exact) mass is 348 g/mol. The van der Waals surface area contributed by atoms with Gasteiger partial charge in [0.15, 0.2) is 5.78 Å². The van der Waals surface area contributed by atoms with Gasteiger partial charge in [0.1, 0.15) is 5.92 Å². The maximum Gasteiger partial charge on any atom is 0.224 e. The summed E-state index contributed by atoms with van der Waals surface area (Å²) in [5.41, 5.74) is 4.64. The Morgan fingerprint density at radius 2 is 1.77 bits per heavy atom. The minimum atomic E-state index is -0.826. The molecule has 0 saturated heterocycles. The maximum absolute atomic E-state index is 12.4. The first kappa shape index (κ1) is 19.4. The fourth-order valence-corrected chi connectivity index (χ4v) is 2.88. The van der Waals surface area contributed by atoms with Crippen molar-refractivity contribution in [2.75, 3.05) is 5.32 Å². The molecule has 26 heavy (non-hydrogen) atoms. The lowest BCUT2D eigenvalue weighted by molar-refractivity contribution is -0.123. The third kappa shape index (κ3) is 4.80. The molecule has 0 aliphatic carbocycles. The fourth-order valence-electron chi connectivity index (χ4n) is 2.88. The summed E-state index contributed by atoms with van der Waals surface area (Å²) in [6.45, 7) is 5.93. The van der Waals surface area contributed by atoms with Crippen LogP contribution in [0.3, 0.4) is 0 Å². The molecule has 1 N–H and O–H groups in total. The molecule has 0 unspecified atom stereocenters. The van der Waals surface area contributed by atoms with Crippen LogP contribution in [0, 0.1) is 25.2 Å². The molecule has 4 nitrogen and oxygen atoms in total. The van der Waals surface area contributed by atoms with Gasteiger partial charge in [-0.2, -0.15) is 5.26 Å². The molecule has 0 aromatic heterocycles. The van der Waals surface area contributed by atoms with Gasteiger partial charge in [-0.15, -0.1) is 0 Å². The highest BCUT2D eigenvalue weighted by Gasteiger charge is 2.21. The summed E-state index contributed by atoms with van der Waals surface area (Å²) < 4.78 is 0. The third-order valence-electron chi connectivity index (χ3n) is 4.46. The average Bonchev–Trinajstić information content (AvgIpc) is 2.63. The zero-order chi connectivity index (χ0) is 19.1. The van der Waals surface area contributed by atoms with E-state index in [1.807, 2.05) is 51.1 Å². The van der Waals surface area contributed by atoms with Crippen molar-refractivity contribution in [3.8, 4) is 6.07 Å². The van der Waals surface area contributed by atoms with Crippen molar-refractivity contribution in [3.63, 3.8) is 0 Å². The molecule has 2 aromatic carbocycles. The van der Waals surface area contributed by atoms with Crippen LogP contribution in [0.15, 0.2) is 42.5 Å². The second-order valence-electron chi connectivity index (χ2n) is 6.45. The SMILES string of the molecule is CCc1cccc(C)c1NC(=O)CCC(=O)[C@@H](C#N)c1ccc(C)cc1. The number of ketones is 1. The Bertz CT molecular complexity index is 832. The number of aryl methyl sites for hydroxylation is 3. The predicted molar refractivity (Wildman–Crippen MR) is 103 cm³/mol. The van der Waals surface area contributed by atoms with Gasteiger partial charge in [0.25, 0.3) is 0 Å². The Balaban J connectivity index is 1.99. The van der Waals surface area contributed by atoms with E-state index in [1.165, 1.54) is 0 Å². The number of Topliss-reactive ketones (excluding diaryl/α,β-unsaturated/α-hetero) is 1. The van der Waals surface area contributed by atoms with Gasteiger partial charge in [0, 0.05) is 18.5 Å². The second kappa shape index (κ2) is 8.96. The zero-order valence-corrected chi connectivity index (χ0v) is 15.5. The smallest absolute Gasteiger partial charge is 0.224 e. The van der Waals surface area contributed by atoms with Crippen LogP contribution in [-0.2, 0) is 16.0 Å². The zero-order valence-electron chi connectivity index (χ0n) is 15.5. The number of rotatable bonds is 7. The van der Waals surface area contributed by atoms with E-state index in [4.69, 9.17) is 0 Å². The molecule has 2 rings (SSSR count). The van der Waals surface area contributed by atoms with Gasteiger partial charge in [-0.25, -0.2) is 0 Å². The summed E-state index contributed by atoms with van der Waals surface area (Å²) in [6, 6.07) is 15.3. The number of para-hydroxylation sites is 1. The lowest BCUT2D eigenvalue weighted by Gasteiger charge is -2.13. The van der Waals surface area contributed by atoms with Crippen LogP contribution in [0.2, 0.25) is 0 Å². The van der Waals surface area contributed by atoms with Crippen molar-refractivity contribution in [2.24, 2.45) is 0 Å². The molecule has 0 radical (unpaired) electrons. The molecular weight excluding hydrogens is 324 g/mol. The summed E-state index contributed by atoms with van der Waals surface area (Å²) >= 11 is 0. The van der Waals surface area contributed by atoms with Gasteiger partial charge in [-0.1, -0.05) is 55.0 Å². The molecular formula is C22H24N2O2. The Hall–Kier alpha value is -2.93. The number of amides is 1. The summed E-state index contributed by atoms with van der Waals surface area (Å²) in [7, 11) is 0. The number of hydrogen-bond acceptors (Lipinski definition) is 3. The highest BCUT2D eigenvalue weighted by atomic mass is 16.2. The largest absolute Gasteiger partial charge is 0.326 e. The van der Waals surface area contributed by atoms with Crippen LogP contribution in [0.25, 0.3) is 0 Å². The molecule has 0 spiro atoms. The molecule has 0 saturated carbocycles. The van der Waals surface area contributed by atoms with Gasteiger partial charge < -0.3 is 5.32 Å². The van der Waals surface area contributed by atoms with E-state index < -0.39 is 5.92 Å². The first-order chi connectivity index (χ1) is 12.5. The van der Waals surface area contributed by atoms with E-state index in [0.717, 1.165) is 28.8 Å². The van der Waals surface area contributed by atoms with E-state index in [-0.39, 0.29) is 24.5 Å². The van der Waals surface area contributed by atoms with Crippen molar-refractivity contribution < 1.29 is 9.59 Å². The quantitative estimate of drug-likeness (QED) is 0.803. The fraction of sp³-hybridized carbons (Fsp3) is 0.318. The van der Waals surface area contributed by atoms with E-state index >= 15 is 0 Å². The lowest BCUT2D eigenvalue weighted by atomic mass is 9.93. The normalized spacial score (nSPS) is 11.5. The first-order valence-corrected chi connectivity index (χ1v) is 8.83. The number of benzene rings is 2. The van der Waals surface area contributed by atoms with Crippen LogP contribution in [-0.4, -0.2) is 11.7 Å². The molecule has 1 atom stereocenters. The van der Waals surface area contributed by atoms with Crippen molar-refractivity contribution in [1.29, 1.82) is 5.26 Å². The molecule has 0 bridgehead atoms. The highest BCUT2D eigenvalue weighted by Crippen LogP contribution is 2.22. The molecule has 0 heterocycles. The summed E-state index contributed by atoms with van der Waals surface area (Å²) in [4.78, 5) is 24.7. The van der Waals surface area contributed by atoms with Crippen molar-refractivity contribution >= 4 is 17.4 Å². The Kier molecular flexibility index (Phi) is 6.68. The van der Waals surface area contributed by atoms with Crippen LogP contribution in [0.4, 0.5) is 5.69 Å². The van der Waals surface area contributed by atoms with Crippen LogP contribution < -0.4 is 5.32 Å². The Morgan fingerprint density at radius 1 is 1.08 bits per heavy atom. The summed E-state index contributed by atoms with van der Waals surface area (Å²) in [5.74, 6) is -1.26. The minimum Gasteiger partial charge on any atom is -0.326 e. The van der Waals surface area contributed by atoms with E-state index in [0.29, 0.717) is 5.56 Å². The minimum absolute atomic E-state index is 0.0469. The molecule has 0 aliphatic heterocycles. The predicted octanol–water partition coefficient (Wildman–Crippen LogP) is 4.46. The lowest BCUT2D eigenvalue weighted by Crippen LogP contribution is -2.18. The number of nitriles is 1. The van der Waals surface area contributed by atoms with Crippen LogP contribution in [0.5, 0.6) is 0 Å². The van der Waals surface area contributed by atoms with Crippen LogP contribution in [0.1, 0.15) is 47.9 Å². The van der Waals surface area contributed by atoms with Gasteiger partial charge in [-0.05, 0) is 37.0 Å². The highest BCUT2D eigenvalue weighted by molar-refractivity contribution is 5.96. The number of carbonyl (C=O) groups excluding carboxylic acids is 2. The molecule has 0 aliphatic rings. The Morgan fingerprint density at radius 3 is 2.38 bits per heavy atom. The number of carbonyl (C=O) groups is 2. The standard InChI is InChI=1S/C22H24N2O2/c1-4-17-7-5-6-16(3)22(17)24-21(26)13-12-20(25)19(14-23)18-10-8-15(2)9-11-18/h5-11,19H,4,12-13H2,1-3H3,(H,24,26)/t19-/m0/s1. The average molecular weight is 348 g/mol. The van der Waals surface area contributed by atoms with Gasteiger partial charge >= 0.3 is 0 Å². The molecule has 134 valence electrons. The van der Waals surface area contributed by atoms with Crippen molar-refractivity contribution in [3.05, 3.63) is 64.7 Å². The van der Waals surface area contributed by atoms with Gasteiger partial charge in [0.2, 0.25) is 5.91 Å². The van der Waals surface area contributed by atoms with Crippen molar-refractivity contribution in [2.45, 2.75) is 46.0 Å². The van der Waals surface area contributed by atoms with E-state index in [9.17, 15) is 14.9 Å². The third-order valence-corrected chi connectivity index (χ3v) is 4.46. The number of nitrogens with one attached hydrogen (secondary N) is 1. The van der Waals surface area contributed by atoms with Crippen LogP contribution >= 0.6 is 0 Å². The maximum atomic E-state index is 12.4. The summed E-state index contributed by atoms with van der Waals surface area (Å²) in [6.07, 6.45) is 0.936. The molecule has 0 fully saturated rings. The molecule has 4 heteroatoms. The van der Waals surface area contributed by atoms with Gasteiger partial charge in [-0.3, -0.25) is 9.59 Å².